The minimum atomic E-state index is -1.45. The van der Waals surface area contributed by atoms with E-state index < -0.39 is 41.4 Å². The molecular weight excluding hydrogens is 604 g/mol. The number of carbonyl (C=O) groups is 3. The SMILES string of the molecule is CO[C@]1(C)C[C@@H](C)CN(C)C(C2CCN(C(=O)CN(C)C)CC2)COC(=O)C(C)(C)C(=O)[C@H](C)[C@H]1O[C@@H]1O[C@H](C)C[C@H](N(C)C)[C@H]1O. The Morgan fingerprint density at radius 3 is 2.23 bits per heavy atom. The number of aliphatic hydroxyl groups is 1. The third-order valence-electron chi connectivity index (χ3n) is 10.8. The molecule has 0 aromatic rings. The van der Waals surface area contributed by atoms with Crippen LogP contribution < -0.4 is 0 Å². The van der Waals surface area contributed by atoms with Crippen LogP contribution in [0.2, 0.25) is 0 Å². The molecule has 0 aromatic carbocycles. The van der Waals surface area contributed by atoms with Crippen LogP contribution >= 0.6 is 0 Å². The van der Waals surface area contributed by atoms with Gasteiger partial charge in [0.25, 0.3) is 0 Å². The van der Waals surface area contributed by atoms with E-state index >= 15 is 0 Å². The Morgan fingerprint density at radius 2 is 1.68 bits per heavy atom. The number of aliphatic hydroxyl groups excluding tert-OH is 1. The van der Waals surface area contributed by atoms with Crippen LogP contribution in [0.1, 0.15) is 67.2 Å². The van der Waals surface area contributed by atoms with Gasteiger partial charge >= 0.3 is 5.97 Å². The minimum Gasteiger partial charge on any atom is -0.463 e. The van der Waals surface area contributed by atoms with Gasteiger partial charge in [-0.2, -0.15) is 0 Å². The molecule has 3 saturated heterocycles. The van der Waals surface area contributed by atoms with Crippen molar-refractivity contribution >= 4 is 17.7 Å². The second kappa shape index (κ2) is 16.4. The zero-order valence-corrected chi connectivity index (χ0v) is 31.2. The standard InChI is InChI=1S/C35H64N4O8/c1-22-18-35(6,44-12)31(47-32-29(41)26(37(9)10)17-23(2)46-32)24(3)30(42)34(4,5)33(43)45-21-27(38(11)19-22)25-13-15-39(16-14-25)28(40)20-36(7)8/h22-27,29,31-32,41H,13-21H2,1-12H3/t22-,23-,24+,26+,27?,29-,31-,32+,35-/m1/s1. The summed E-state index contributed by atoms with van der Waals surface area (Å²) in [7, 11) is 11.3. The number of Topliss-reactive ketones (excluding diaryl/α,β-unsaturated/α-hetero) is 1. The topological polar surface area (TPSA) is 121 Å². The molecule has 3 aliphatic heterocycles. The summed E-state index contributed by atoms with van der Waals surface area (Å²) >= 11 is 0. The van der Waals surface area contributed by atoms with Gasteiger partial charge in [0.1, 0.15) is 18.1 Å². The van der Waals surface area contributed by atoms with Gasteiger partial charge in [0.2, 0.25) is 5.91 Å². The van der Waals surface area contributed by atoms with Gasteiger partial charge in [-0.25, -0.2) is 0 Å². The number of hydrogen-bond acceptors (Lipinski definition) is 11. The summed E-state index contributed by atoms with van der Waals surface area (Å²) in [5, 5.41) is 11.3. The first-order valence-electron chi connectivity index (χ1n) is 17.4. The first-order valence-corrected chi connectivity index (χ1v) is 17.4. The Bertz CT molecular complexity index is 1060. The molecule has 9 atom stereocenters. The number of cyclic esters (lactones) is 1. The number of likely N-dealkylation sites (tertiary alicyclic amines) is 1. The van der Waals surface area contributed by atoms with Crippen molar-refractivity contribution in [3.8, 4) is 0 Å². The summed E-state index contributed by atoms with van der Waals surface area (Å²) in [6.45, 7) is 13.6. The number of hydrogen-bond donors (Lipinski definition) is 1. The van der Waals surface area contributed by atoms with Crippen molar-refractivity contribution in [2.75, 3.05) is 75.1 Å². The molecule has 0 aromatic heterocycles. The molecule has 1 unspecified atom stereocenters. The Balaban J connectivity index is 1.92. The highest BCUT2D eigenvalue weighted by Crippen LogP contribution is 2.38. The van der Waals surface area contributed by atoms with Gasteiger partial charge in [-0.1, -0.05) is 13.8 Å². The van der Waals surface area contributed by atoms with Gasteiger partial charge in [-0.05, 0) is 100 Å². The van der Waals surface area contributed by atoms with Gasteiger partial charge in [-0.15, -0.1) is 0 Å². The summed E-state index contributed by atoms with van der Waals surface area (Å²) in [5.74, 6) is -1.22. The smallest absolute Gasteiger partial charge is 0.319 e. The number of amides is 1. The third kappa shape index (κ3) is 9.52. The fraction of sp³-hybridized carbons (Fsp3) is 0.914. The predicted octanol–water partition coefficient (Wildman–Crippen LogP) is 2.12. The van der Waals surface area contributed by atoms with Crippen LogP contribution in [0.3, 0.4) is 0 Å². The summed E-state index contributed by atoms with van der Waals surface area (Å²) in [6.07, 6.45) is -0.102. The second-order valence-electron chi connectivity index (χ2n) is 15.8. The van der Waals surface area contributed by atoms with Crippen molar-refractivity contribution in [1.82, 2.24) is 19.6 Å². The van der Waals surface area contributed by atoms with Crippen molar-refractivity contribution in [1.29, 1.82) is 0 Å². The number of nitrogens with zero attached hydrogens (tertiary/aromatic N) is 4. The zero-order chi connectivity index (χ0) is 35.4. The normalized spacial score (nSPS) is 37.3. The van der Waals surface area contributed by atoms with E-state index in [-0.39, 0.29) is 48.3 Å². The predicted molar refractivity (Wildman–Crippen MR) is 180 cm³/mol. The molecule has 0 bridgehead atoms. The number of ether oxygens (including phenoxy) is 4. The Morgan fingerprint density at radius 1 is 1.06 bits per heavy atom. The number of piperidine rings is 1. The molecule has 0 aliphatic carbocycles. The summed E-state index contributed by atoms with van der Waals surface area (Å²) < 4.78 is 25.0. The van der Waals surface area contributed by atoms with Gasteiger partial charge in [0.15, 0.2) is 12.1 Å². The van der Waals surface area contributed by atoms with Crippen LogP contribution in [0.5, 0.6) is 0 Å². The minimum absolute atomic E-state index is 0.0762. The number of carbonyl (C=O) groups excluding carboxylic acids is 3. The maximum Gasteiger partial charge on any atom is 0.319 e. The van der Waals surface area contributed by atoms with Gasteiger partial charge in [0, 0.05) is 44.7 Å². The quantitative estimate of drug-likeness (QED) is 0.317. The Hall–Kier alpha value is -1.67. The van der Waals surface area contributed by atoms with Crippen LogP contribution in [0.4, 0.5) is 0 Å². The average molecular weight is 669 g/mol. The Labute approximate surface area is 283 Å². The van der Waals surface area contributed by atoms with Crippen LogP contribution in [0.15, 0.2) is 0 Å². The van der Waals surface area contributed by atoms with Gasteiger partial charge in [-0.3, -0.25) is 19.3 Å². The first-order chi connectivity index (χ1) is 21.8. The molecular formula is C35H64N4O8. The third-order valence-corrected chi connectivity index (χ3v) is 10.8. The molecule has 3 aliphatic rings. The summed E-state index contributed by atoms with van der Waals surface area (Å²) in [4.78, 5) is 48.7. The van der Waals surface area contributed by atoms with E-state index in [9.17, 15) is 19.5 Å². The molecule has 3 heterocycles. The number of esters is 1. The van der Waals surface area contributed by atoms with Crippen molar-refractivity contribution in [2.24, 2.45) is 23.2 Å². The lowest BCUT2D eigenvalue weighted by Gasteiger charge is -2.47. The monoisotopic (exact) mass is 668 g/mol. The zero-order valence-electron chi connectivity index (χ0n) is 31.2. The maximum atomic E-state index is 14.3. The first kappa shape index (κ1) is 39.8. The Kier molecular flexibility index (Phi) is 13.8. The van der Waals surface area contributed by atoms with E-state index in [1.807, 2.05) is 56.7 Å². The fourth-order valence-corrected chi connectivity index (χ4v) is 7.97. The summed E-state index contributed by atoms with van der Waals surface area (Å²) in [6, 6.07) is -0.264. The molecule has 0 spiro atoms. The van der Waals surface area contributed by atoms with Crippen LogP contribution in [-0.2, 0) is 33.3 Å². The number of ketones is 1. The van der Waals surface area contributed by atoms with E-state index in [1.54, 1.807) is 27.9 Å². The highest BCUT2D eigenvalue weighted by atomic mass is 16.7. The summed E-state index contributed by atoms with van der Waals surface area (Å²) in [5.41, 5.74) is -2.40. The maximum absolute atomic E-state index is 14.3. The highest BCUT2D eigenvalue weighted by Gasteiger charge is 2.51. The average Bonchev–Trinajstić information content (AvgIpc) is 2.99. The molecule has 0 saturated carbocycles. The molecule has 47 heavy (non-hydrogen) atoms. The van der Waals surface area contributed by atoms with Crippen molar-refractivity contribution in [3.63, 3.8) is 0 Å². The fourth-order valence-electron chi connectivity index (χ4n) is 7.97. The van der Waals surface area contributed by atoms with Crippen LogP contribution in [0, 0.1) is 23.2 Å². The number of methoxy groups -OCH3 is 1. The van der Waals surface area contributed by atoms with Crippen LogP contribution in [0.25, 0.3) is 0 Å². The number of rotatable bonds is 7. The van der Waals surface area contributed by atoms with E-state index in [0.717, 1.165) is 12.8 Å². The van der Waals surface area contributed by atoms with Gasteiger partial charge in [0.05, 0.1) is 24.4 Å². The number of likely N-dealkylation sites (N-methyl/N-ethyl adjacent to an activating group) is 3. The lowest BCUT2D eigenvalue weighted by Crippen LogP contribution is -2.59. The molecule has 12 nitrogen and oxygen atoms in total. The van der Waals surface area contributed by atoms with Crippen molar-refractivity contribution < 1.29 is 38.4 Å². The lowest BCUT2D eigenvalue weighted by atomic mass is 9.74. The van der Waals surface area contributed by atoms with Gasteiger partial charge < -0.3 is 38.8 Å². The molecule has 3 rings (SSSR count). The van der Waals surface area contributed by atoms with E-state index in [1.165, 1.54) is 0 Å². The molecule has 1 amide bonds. The van der Waals surface area contributed by atoms with E-state index in [2.05, 4.69) is 18.9 Å². The highest BCUT2D eigenvalue weighted by molar-refractivity contribution is 6.04. The molecule has 3 fully saturated rings. The molecule has 0 radical (unpaired) electrons. The largest absolute Gasteiger partial charge is 0.463 e. The molecule has 272 valence electrons. The van der Waals surface area contributed by atoms with Crippen molar-refractivity contribution in [3.05, 3.63) is 0 Å². The molecule has 1 N–H and O–H groups in total. The lowest BCUT2D eigenvalue weighted by molar-refractivity contribution is -0.295. The van der Waals surface area contributed by atoms with Crippen molar-refractivity contribution in [2.45, 2.75) is 110 Å². The second-order valence-corrected chi connectivity index (χ2v) is 15.8. The molecule has 12 heteroatoms. The van der Waals surface area contributed by atoms with E-state index in [0.29, 0.717) is 39.0 Å². The van der Waals surface area contributed by atoms with Crippen LogP contribution in [-0.4, -0.2) is 160 Å². The van der Waals surface area contributed by atoms with E-state index in [4.69, 9.17) is 18.9 Å².